The van der Waals surface area contributed by atoms with Crippen molar-refractivity contribution in [2.75, 3.05) is 19.7 Å². The smallest absolute Gasteiger partial charge is 0.323 e. The maximum Gasteiger partial charge on any atom is 0.323 e. The van der Waals surface area contributed by atoms with Gasteiger partial charge >= 0.3 is 5.69 Å². The van der Waals surface area contributed by atoms with E-state index in [-0.39, 0.29) is 24.8 Å². The fourth-order valence-electron chi connectivity index (χ4n) is 1.17. The van der Waals surface area contributed by atoms with Crippen molar-refractivity contribution in [2.24, 2.45) is 0 Å². The zero-order valence-electron chi connectivity index (χ0n) is 8.19. The number of hydrogen-bond acceptors (Lipinski definition) is 3. The molecule has 1 rings (SSSR count). The van der Waals surface area contributed by atoms with Crippen LogP contribution in [0.2, 0.25) is 0 Å². The zero-order chi connectivity index (χ0) is 11.3. The molecule has 0 saturated carbocycles. The summed E-state index contributed by atoms with van der Waals surface area (Å²) < 4.78 is 0. The lowest BCUT2D eigenvalue weighted by atomic mass is 10.3. The van der Waals surface area contributed by atoms with Crippen LogP contribution >= 0.6 is 0 Å². The molecule has 82 valence electrons. The largest absolute Gasteiger partial charge is 0.395 e. The number of hydrogen-bond donors (Lipinski definition) is 3. The minimum atomic E-state index is -0.430. The molecule has 0 unspecified atom stereocenters. The maximum atomic E-state index is 11.7. The minimum Gasteiger partial charge on any atom is -0.395 e. The fourth-order valence-corrected chi connectivity index (χ4v) is 1.17. The number of nitrogens with one attached hydrogen (secondary N) is 2. The summed E-state index contributed by atoms with van der Waals surface area (Å²) in [5.74, 6) is -0.345. The Kier molecular flexibility index (Phi) is 3.87. The third-order valence-corrected chi connectivity index (χ3v) is 1.83. The number of imidazole rings is 1. The van der Waals surface area contributed by atoms with Crippen molar-refractivity contribution in [3.63, 3.8) is 0 Å². The Bertz CT molecular complexity index is 393. The maximum absolute atomic E-state index is 11.7. The normalized spacial score (nSPS) is 9.93. The Morgan fingerprint density at radius 3 is 2.87 bits per heavy atom. The second-order valence-corrected chi connectivity index (χ2v) is 2.92. The van der Waals surface area contributed by atoms with Crippen LogP contribution in [0.15, 0.2) is 23.6 Å². The fraction of sp³-hybridized carbons (Fsp3) is 0.333. The monoisotopic (exact) mass is 211 g/mol. The molecule has 1 aromatic rings. The Hall–Kier alpha value is -1.82. The number of aromatic nitrogens is 2. The van der Waals surface area contributed by atoms with Crippen molar-refractivity contribution in [3.8, 4) is 0 Å². The molecule has 0 aliphatic rings. The van der Waals surface area contributed by atoms with Crippen molar-refractivity contribution >= 4 is 5.91 Å². The Morgan fingerprint density at radius 1 is 1.67 bits per heavy atom. The van der Waals surface area contributed by atoms with Crippen LogP contribution in [0.3, 0.4) is 0 Å². The highest BCUT2D eigenvalue weighted by Crippen LogP contribution is 1.98. The number of amides is 1. The summed E-state index contributed by atoms with van der Waals surface area (Å²) in [7, 11) is 0. The number of nitrogens with zero attached hydrogens (tertiary/aromatic N) is 1. The molecule has 0 aromatic carbocycles. The molecule has 6 nitrogen and oxygen atoms in total. The van der Waals surface area contributed by atoms with Gasteiger partial charge in [-0.15, -0.1) is 6.58 Å². The van der Waals surface area contributed by atoms with Crippen LogP contribution in [0.25, 0.3) is 0 Å². The van der Waals surface area contributed by atoms with E-state index in [4.69, 9.17) is 5.11 Å². The van der Waals surface area contributed by atoms with Crippen LogP contribution in [0.4, 0.5) is 0 Å². The van der Waals surface area contributed by atoms with Crippen LogP contribution in [-0.2, 0) is 0 Å². The summed E-state index contributed by atoms with van der Waals surface area (Å²) in [5, 5.41) is 8.76. The van der Waals surface area contributed by atoms with Gasteiger partial charge in [0.05, 0.1) is 6.61 Å². The number of carbonyl (C=O) groups is 1. The molecular formula is C9H13N3O3. The molecular weight excluding hydrogens is 198 g/mol. The number of aliphatic hydroxyl groups excluding tert-OH is 1. The standard InChI is InChI=1S/C9H13N3O3/c1-2-3-12(4-5-13)8(14)7-6-10-9(15)11-7/h2,6,13H,1,3-5H2,(H2,10,11,15). The number of aliphatic hydroxyl groups is 1. The molecule has 0 bridgehead atoms. The number of H-pyrrole nitrogens is 2. The quantitative estimate of drug-likeness (QED) is 0.564. The lowest BCUT2D eigenvalue weighted by Gasteiger charge is -2.18. The SMILES string of the molecule is C=CCN(CCO)C(=O)c1c[nH]c(=O)[nH]1. The molecule has 0 aliphatic carbocycles. The van der Waals surface area contributed by atoms with Crippen molar-refractivity contribution in [3.05, 3.63) is 35.0 Å². The molecule has 0 aliphatic heterocycles. The molecule has 3 N–H and O–H groups in total. The average Bonchev–Trinajstić information content (AvgIpc) is 2.63. The molecule has 1 heterocycles. The van der Waals surface area contributed by atoms with Gasteiger partial charge in [-0.1, -0.05) is 6.08 Å². The number of rotatable bonds is 5. The van der Waals surface area contributed by atoms with E-state index in [1.54, 1.807) is 6.08 Å². The summed E-state index contributed by atoms with van der Waals surface area (Å²) in [4.78, 5) is 28.6. The highest BCUT2D eigenvalue weighted by Gasteiger charge is 2.15. The Labute approximate surface area is 86.2 Å². The summed E-state index contributed by atoms with van der Waals surface area (Å²) >= 11 is 0. The molecule has 0 spiro atoms. The topological polar surface area (TPSA) is 89.2 Å². The van der Waals surface area contributed by atoms with Crippen LogP contribution in [-0.4, -0.2) is 45.6 Å². The van der Waals surface area contributed by atoms with Crippen molar-refractivity contribution < 1.29 is 9.90 Å². The van der Waals surface area contributed by atoms with Gasteiger partial charge in [-0.25, -0.2) is 4.79 Å². The highest BCUT2D eigenvalue weighted by atomic mass is 16.3. The Morgan fingerprint density at radius 2 is 2.40 bits per heavy atom. The van der Waals surface area contributed by atoms with Crippen LogP contribution in [0, 0.1) is 0 Å². The molecule has 1 aromatic heterocycles. The first kappa shape index (κ1) is 11.3. The number of aromatic amines is 2. The van der Waals surface area contributed by atoms with Gasteiger partial charge in [0, 0.05) is 19.3 Å². The summed E-state index contributed by atoms with van der Waals surface area (Å²) in [6.07, 6.45) is 2.86. The third-order valence-electron chi connectivity index (χ3n) is 1.83. The van der Waals surface area contributed by atoms with E-state index in [9.17, 15) is 9.59 Å². The molecule has 0 atom stereocenters. The van der Waals surface area contributed by atoms with Gasteiger partial charge in [-0.05, 0) is 0 Å². The lowest BCUT2D eigenvalue weighted by molar-refractivity contribution is 0.0737. The average molecular weight is 211 g/mol. The van der Waals surface area contributed by atoms with E-state index in [2.05, 4.69) is 16.5 Å². The van der Waals surface area contributed by atoms with Gasteiger partial charge in [0.25, 0.3) is 5.91 Å². The number of carbonyl (C=O) groups excluding carboxylic acids is 1. The zero-order valence-corrected chi connectivity index (χ0v) is 8.19. The summed E-state index contributed by atoms with van der Waals surface area (Å²) in [6.45, 7) is 3.91. The van der Waals surface area contributed by atoms with Gasteiger partial charge in [0.15, 0.2) is 0 Å². The molecule has 6 heteroatoms. The predicted molar refractivity (Wildman–Crippen MR) is 54.6 cm³/mol. The lowest BCUT2D eigenvalue weighted by Crippen LogP contribution is -2.34. The Balaban J connectivity index is 2.79. The predicted octanol–water partition coefficient (Wildman–Crippen LogP) is -0.676. The van der Waals surface area contributed by atoms with Crippen LogP contribution < -0.4 is 5.69 Å². The first-order chi connectivity index (χ1) is 7.19. The highest BCUT2D eigenvalue weighted by molar-refractivity contribution is 5.92. The van der Waals surface area contributed by atoms with Crippen LogP contribution in [0.1, 0.15) is 10.5 Å². The van der Waals surface area contributed by atoms with E-state index in [1.165, 1.54) is 11.1 Å². The molecule has 0 saturated heterocycles. The van der Waals surface area contributed by atoms with Gasteiger partial charge in [0.1, 0.15) is 5.69 Å². The van der Waals surface area contributed by atoms with Crippen LogP contribution in [0.5, 0.6) is 0 Å². The van der Waals surface area contributed by atoms with E-state index >= 15 is 0 Å². The molecule has 0 fully saturated rings. The van der Waals surface area contributed by atoms with E-state index < -0.39 is 5.69 Å². The van der Waals surface area contributed by atoms with Gasteiger partial charge < -0.3 is 20.0 Å². The second kappa shape index (κ2) is 5.16. The van der Waals surface area contributed by atoms with Gasteiger partial charge in [-0.3, -0.25) is 4.79 Å². The third kappa shape index (κ3) is 2.81. The van der Waals surface area contributed by atoms with E-state index in [0.717, 1.165) is 0 Å². The molecule has 1 amide bonds. The molecule has 15 heavy (non-hydrogen) atoms. The van der Waals surface area contributed by atoms with Gasteiger partial charge in [-0.2, -0.15) is 0 Å². The first-order valence-corrected chi connectivity index (χ1v) is 4.47. The van der Waals surface area contributed by atoms with Crippen molar-refractivity contribution in [1.29, 1.82) is 0 Å². The molecule has 0 radical (unpaired) electrons. The van der Waals surface area contributed by atoms with Crippen molar-refractivity contribution in [1.82, 2.24) is 14.9 Å². The first-order valence-electron chi connectivity index (χ1n) is 4.47. The van der Waals surface area contributed by atoms with E-state index in [1.807, 2.05) is 0 Å². The second-order valence-electron chi connectivity index (χ2n) is 2.92. The van der Waals surface area contributed by atoms with Gasteiger partial charge in [0.2, 0.25) is 0 Å². The summed E-state index contributed by atoms with van der Waals surface area (Å²) in [5.41, 5.74) is -0.254. The van der Waals surface area contributed by atoms with Crippen molar-refractivity contribution in [2.45, 2.75) is 0 Å². The minimum absolute atomic E-state index is 0.131. The summed E-state index contributed by atoms with van der Waals surface area (Å²) in [6, 6.07) is 0. The van der Waals surface area contributed by atoms with E-state index in [0.29, 0.717) is 6.54 Å².